The first-order valence-corrected chi connectivity index (χ1v) is 7.74. The maximum Gasteiger partial charge on any atom is 0.259 e. The van der Waals surface area contributed by atoms with Gasteiger partial charge in [-0.15, -0.1) is 0 Å². The van der Waals surface area contributed by atoms with Crippen LogP contribution in [0.25, 0.3) is 22.6 Å². The van der Waals surface area contributed by atoms with E-state index in [4.69, 9.17) is 0 Å². The molecule has 0 amide bonds. The third kappa shape index (κ3) is 3.22. The van der Waals surface area contributed by atoms with Crippen molar-refractivity contribution in [3.8, 4) is 6.07 Å². The molecule has 0 bridgehead atoms. The van der Waals surface area contributed by atoms with Gasteiger partial charge in [0.1, 0.15) is 6.07 Å². The highest BCUT2D eigenvalue weighted by molar-refractivity contribution is 9.10. The van der Waals surface area contributed by atoms with Gasteiger partial charge in [-0.05, 0) is 36.8 Å². The molecular formula is C18H12BrN3O. The Hall–Kier alpha value is -2.71. The van der Waals surface area contributed by atoms with Crippen LogP contribution in [0, 0.1) is 18.3 Å². The van der Waals surface area contributed by atoms with Crippen LogP contribution in [-0.4, -0.2) is 9.97 Å². The number of nitrogens with one attached hydrogen (secondary N) is 1. The van der Waals surface area contributed by atoms with E-state index < -0.39 is 0 Å². The summed E-state index contributed by atoms with van der Waals surface area (Å²) in [4.78, 5) is 19.3. The molecule has 0 atom stereocenters. The second-order valence-electron chi connectivity index (χ2n) is 5.16. The lowest BCUT2D eigenvalue weighted by molar-refractivity contribution is 1.13. The van der Waals surface area contributed by atoms with E-state index in [1.54, 1.807) is 18.2 Å². The minimum Gasteiger partial charge on any atom is -0.305 e. The van der Waals surface area contributed by atoms with Crippen LogP contribution in [0.1, 0.15) is 17.0 Å². The number of aryl methyl sites for hydroxylation is 1. The fourth-order valence-electron chi connectivity index (χ4n) is 2.22. The number of halogens is 1. The van der Waals surface area contributed by atoms with Crippen LogP contribution in [-0.2, 0) is 0 Å². The average Bonchev–Trinajstić information content (AvgIpc) is 2.55. The molecule has 0 spiro atoms. The molecule has 3 aromatic rings. The lowest BCUT2D eigenvalue weighted by atomic mass is 10.1. The van der Waals surface area contributed by atoms with Crippen LogP contribution in [0.3, 0.4) is 0 Å². The third-order valence-corrected chi connectivity index (χ3v) is 3.92. The zero-order valence-electron chi connectivity index (χ0n) is 12.3. The summed E-state index contributed by atoms with van der Waals surface area (Å²) in [6, 6.07) is 15.1. The number of aromatic nitrogens is 2. The van der Waals surface area contributed by atoms with Gasteiger partial charge in [-0.25, -0.2) is 4.98 Å². The number of rotatable bonds is 2. The van der Waals surface area contributed by atoms with E-state index >= 15 is 0 Å². The van der Waals surface area contributed by atoms with Gasteiger partial charge in [0.2, 0.25) is 0 Å². The summed E-state index contributed by atoms with van der Waals surface area (Å²) in [5.41, 5.74) is 2.62. The summed E-state index contributed by atoms with van der Waals surface area (Å²) in [6.45, 7) is 2.00. The van der Waals surface area contributed by atoms with E-state index in [0.717, 1.165) is 15.6 Å². The van der Waals surface area contributed by atoms with Crippen molar-refractivity contribution in [1.82, 2.24) is 9.97 Å². The van der Waals surface area contributed by atoms with Gasteiger partial charge in [0, 0.05) is 4.47 Å². The van der Waals surface area contributed by atoms with Crippen molar-refractivity contribution in [3.63, 3.8) is 0 Å². The first-order chi connectivity index (χ1) is 11.1. The number of allylic oxidation sites excluding steroid dienone is 1. The van der Waals surface area contributed by atoms with Crippen molar-refractivity contribution in [1.29, 1.82) is 5.26 Å². The molecular weight excluding hydrogens is 354 g/mol. The minimum atomic E-state index is -0.267. The zero-order valence-corrected chi connectivity index (χ0v) is 13.9. The van der Waals surface area contributed by atoms with Crippen LogP contribution in [0.15, 0.2) is 51.7 Å². The molecule has 0 saturated carbocycles. The lowest BCUT2D eigenvalue weighted by Crippen LogP contribution is -2.11. The summed E-state index contributed by atoms with van der Waals surface area (Å²) >= 11 is 3.33. The van der Waals surface area contributed by atoms with E-state index in [1.165, 1.54) is 0 Å². The molecule has 0 fully saturated rings. The number of hydrogen-bond acceptors (Lipinski definition) is 3. The molecule has 1 aromatic heterocycles. The summed E-state index contributed by atoms with van der Waals surface area (Å²) in [6.07, 6.45) is 1.71. The van der Waals surface area contributed by atoms with Crippen LogP contribution >= 0.6 is 15.9 Å². The molecule has 23 heavy (non-hydrogen) atoms. The Labute approximate surface area is 141 Å². The van der Waals surface area contributed by atoms with Crippen LogP contribution in [0.4, 0.5) is 0 Å². The Morgan fingerprint density at radius 2 is 2.00 bits per heavy atom. The van der Waals surface area contributed by atoms with Gasteiger partial charge in [-0.2, -0.15) is 5.26 Å². The first-order valence-electron chi connectivity index (χ1n) is 6.95. The number of H-pyrrole nitrogens is 1. The molecule has 5 heteroatoms. The standard InChI is InChI=1S/C18H12BrN3O/c1-11-2-4-12(5-3-11)8-13(10-20)17-21-16-7-6-14(19)9-15(16)18(23)22-17/h2-9H,1H3,(H,21,22,23)/b13-8+. The molecule has 0 aliphatic heterocycles. The second kappa shape index (κ2) is 6.19. The van der Waals surface area contributed by atoms with Crippen molar-refractivity contribution >= 4 is 38.5 Å². The quantitative estimate of drug-likeness (QED) is 0.696. The molecule has 0 unspecified atom stereocenters. The minimum absolute atomic E-state index is 0.267. The maximum atomic E-state index is 12.2. The first kappa shape index (κ1) is 15.2. The average molecular weight is 366 g/mol. The van der Waals surface area contributed by atoms with Crippen LogP contribution in [0.5, 0.6) is 0 Å². The smallest absolute Gasteiger partial charge is 0.259 e. The van der Waals surface area contributed by atoms with Gasteiger partial charge in [0.05, 0.1) is 16.5 Å². The monoisotopic (exact) mass is 365 g/mol. The number of nitriles is 1. The maximum absolute atomic E-state index is 12.2. The fourth-order valence-corrected chi connectivity index (χ4v) is 2.58. The summed E-state index contributed by atoms with van der Waals surface area (Å²) in [5.74, 6) is 0.271. The van der Waals surface area contributed by atoms with Gasteiger partial charge in [-0.3, -0.25) is 4.79 Å². The highest BCUT2D eigenvalue weighted by Gasteiger charge is 2.08. The number of fused-ring (bicyclic) bond motifs is 1. The van der Waals surface area contributed by atoms with Crippen molar-refractivity contribution < 1.29 is 0 Å². The Balaban J connectivity index is 2.14. The van der Waals surface area contributed by atoms with E-state index in [0.29, 0.717) is 16.5 Å². The van der Waals surface area contributed by atoms with E-state index in [-0.39, 0.29) is 11.4 Å². The highest BCUT2D eigenvalue weighted by atomic mass is 79.9. The molecule has 112 valence electrons. The Bertz CT molecular complexity index is 1010. The second-order valence-corrected chi connectivity index (χ2v) is 6.07. The van der Waals surface area contributed by atoms with Gasteiger partial charge in [-0.1, -0.05) is 45.8 Å². The van der Waals surface area contributed by atoms with E-state index in [2.05, 4.69) is 32.0 Å². The third-order valence-electron chi connectivity index (χ3n) is 3.43. The predicted octanol–water partition coefficient (Wildman–Crippen LogP) is 4.06. The lowest BCUT2D eigenvalue weighted by Gasteiger charge is -2.03. The van der Waals surface area contributed by atoms with Gasteiger partial charge in [0.15, 0.2) is 5.82 Å². The molecule has 3 rings (SSSR count). The van der Waals surface area contributed by atoms with Crippen molar-refractivity contribution in [2.45, 2.75) is 6.92 Å². The molecule has 1 N–H and O–H groups in total. The topological polar surface area (TPSA) is 69.5 Å². The molecule has 0 aliphatic rings. The molecule has 0 aliphatic carbocycles. The van der Waals surface area contributed by atoms with Gasteiger partial charge >= 0.3 is 0 Å². The summed E-state index contributed by atoms with van der Waals surface area (Å²) < 4.78 is 0.806. The van der Waals surface area contributed by atoms with Crippen LogP contribution in [0.2, 0.25) is 0 Å². The van der Waals surface area contributed by atoms with E-state index in [1.807, 2.05) is 37.3 Å². The van der Waals surface area contributed by atoms with E-state index in [9.17, 15) is 10.1 Å². The number of hydrogen-bond donors (Lipinski definition) is 1. The highest BCUT2D eigenvalue weighted by Crippen LogP contribution is 2.18. The molecule has 2 aromatic carbocycles. The molecule has 1 heterocycles. The Morgan fingerprint density at radius 3 is 2.70 bits per heavy atom. The van der Waals surface area contributed by atoms with Crippen molar-refractivity contribution in [2.24, 2.45) is 0 Å². The Kier molecular flexibility index (Phi) is 4.09. The summed E-state index contributed by atoms with van der Waals surface area (Å²) in [5, 5.41) is 9.90. The van der Waals surface area contributed by atoms with Gasteiger partial charge in [0.25, 0.3) is 5.56 Å². The number of benzene rings is 2. The van der Waals surface area contributed by atoms with Gasteiger partial charge < -0.3 is 4.98 Å². The van der Waals surface area contributed by atoms with Crippen molar-refractivity contribution in [3.05, 3.63) is 74.2 Å². The number of nitrogens with zero attached hydrogens (tertiary/aromatic N) is 2. The molecule has 4 nitrogen and oxygen atoms in total. The summed E-state index contributed by atoms with van der Waals surface area (Å²) in [7, 11) is 0. The largest absolute Gasteiger partial charge is 0.305 e. The normalized spacial score (nSPS) is 11.4. The molecule has 0 saturated heterocycles. The predicted molar refractivity (Wildman–Crippen MR) is 94.7 cm³/mol. The molecule has 0 radical (unpaired) electrons. The zero-order chi connectivity index (χ0) is 16.4. The Morgan fingerprint density at radius 1 is 1.26 bits per heavy atom. The fraction of sp³-hybridized carbons (Fsp3) is 0.0556. The van der Waals surface area contributed by atoms with Crippen LogP contribution < -0.4 is 5.56 Å². The SMILES string of the molecule is Cc1ccc(/C=C(\C#N)c2nc3ccc(Br)cc3c(=O)[nH]2)cc1. The van der Waals surface area contributed by atoms with Crippen molar-refractivity contribution in [2.75, 3.05) is 0 Å². The number of aromatic amines is 1.